The topological polar surface area (TPSA) is 57.5 Å². The van der Waals surface area contributed by atoms with E-state index < -0.39 is 5.97 Å². The lowest BCUT2D eigenvalue weighted by molar-refractivity contribution is -0.140. The minimum Gasteiger partial charge on any atom is -0.469 e. The molecule has 0 fully saturated rings. The van der Waals surface area contributed by atoms with Gasteiger partial charge < -0.3 is 14.0 Å². The number of hydrogen-bond acceptors (Lipinski definition) is 4. The summed E-state index contributed by atoms with van der Waals surface area (Å²) >= 11 is 6.01. The number of esters is 2. The molecule has 0 N–H and O–H groups in total. The van der Waals surface area contributed by atoms with Gasteiger partial charge in [-0.1, -0.05) is 17.7 Å². The van der Waals surface area contributed by atoms with E-state index in [4.69, 9.17) is 16.3 Å². The molecule has 0 aliphatic heterocycles. The zero-order chi connectivity index (χ0) is 15.6. The lowest BCUT2D eigenvalue weighted by Crippen LogP contribution is -2.11. The quantitative estimate of drug-likeness (QED) is 0.815. The van der Waals surface area contributed by atoms with E-state index in [9.17, 15) is 9.59 Å². The Balaban J connectivity index is 2.58. The normalized spacial score (nSPS) is 10.7. The summed E-state index contributed by atoms with van der Waals surface area (Å²) in [4.78, 5) is 23.4. The van der Waals surface area contributed by atoms with Crippen LogP contribution in [0.1, 0.15) is 22.5 Å². The number of methoxy groups -OCH3 is 2. The predicted molar refractivity (Wildman–Crippen MR) is 79.6 cm³/mol. The Morgan fingerprint density at radius 1 is 1.24 bits per heavy atom. The summed E-state index contributed by atoms with van der Waals surface area (Å²) < 4.78 is 11.2. The highest BCUT2D eigenvalue weighted by Gasteiger charge is 2.22. The van der Waals surface area contributed by atoms with Crippen LogP contribution in [0.15, 0.2) is 18.2 Å². The SMILES string of the molecule is COC(=O)CCc1c(C(=O)OC)n(C)c2cc(Cl)ccc12. The van der Waals surface area contributed by atoms with Crippen LogP contribution in [-0.2, 0) is 27.7 Å². The van der Waals surface area contributed by atoms with Gasteiger partial charge in [0, 0.05) is 23.9 Å². The summed E-state index contributed by atoms with van der Waals surface area (Å²) in [5.74, 6) is -0.763. The van der Waals surface area contributed by atoms with E-state index in [1.165, 1.54) is 14.2 Å². The number of hydrogen-bond donors (Lipinski definition) is 0. The van der Waals surface area contributed by atoms with E-state index in [0.29, 0.717) is 17.1 Å². The van der Waals surface area contributed by atoms with Gasteiger partial charge in [0.05, 0.1) is 19.7 Å². The van der Waals surface area contributed by atoms with E-state index in [1.807, 2.05) is 6.07 Å². The Bertz CT molecular complexity index is 705. The number of carbonyl (C=O) groups is 2. The van der Waals surface area contributed by atoms with Gasteiger partial charge in [0.1, 0.15) is 5.69 Å². The van der Waals surface area contributed by atoms with E-state index in [2.05, 4.69) is 4.74 Å². The Hall–Kier alpha value is -2.01. The van der Waals surface area contributed by atoms with E-state index in [1.54, 1.807) is 23.7 Å². The first-order valence-electron chi connectivity index (χ1n) is 6.41. The zero-order valence-electron chi connectivity index (χ0n) is 12.1. The maximum absolute atomic E-state index is 12.0. The van der Waals surface area contributed by atoms with Crippen molar-refractivity contribution in [3.8, 4) is 0 Å². The minimum atomic E-state index is -0.440. The van der Waals surface area contributed by atoms with Crippen LogP contribution in [0.2, 0.25) is 5.02 Å². The molecule has 0 amide bonds. The fourth-order valence-electron chi connectivity index (χ4n) is 2.43. The maximum atomic E-state index is 12.0. The van der Waals surface area contributed by atoms with Crippen LogP contribution in [0.5, 0.6) is 0 Å². The second-order valence-corrected chi connectivity index (χ2v) is 5.05. The second kappa shape index (κ2) is 6.18. The number of halogens is 1. The number of nitrogens with zero attached hydrogens (tertiary/aromatic N) is 1. The number of benzene rings is 1. The van der Waals surface area contributed by atoms with Crippen molar-refractivity contribution < 1.29 is 19.1 Å². The first kappa shape index (κ1) is 15.4. The predicted octanol–water partition coefficient (Wildman–Crippen LogP) is 2.72. The molecule has 0 unspecified atom stereocenters. The van der Waals surface area contributed by atoms with Crippen LogP contribution >= 0.6 is 11.6 Å². The molecule has 0 saturated heterocycles. The van der Waals surface area contributed by atoms with Crippen molar-refractivity contribution in [2.75, 3.05) is 14.2 Å². The summed E-state index contributed by atoms with van der Waals surface area (Å²) in [5, 5.41) is 1.46. The second-order valence-electron chi connectivity index (χ2n) is 4.62. The Morgan fingerprint density at radius 3 is 2.57 bits per heavy atom. The first-order valence-corrected chi connectivity index (χ1v) is 6.79. The van der Waals surface area contributed by atoms with Crippen LogP contribution in [-0.4, -0.2) is 30.7 Å². The van der Waals surface area contributed by atoms with Gasteiger partial charge in [0.2, 0.25) is 0 Å². The smallest absolute Gasteiger partial charge is 0.354 e. The molecule has 112 valence electrons. The van der Waals surface area contributed by atoms with Gasteiger partial charge in [-0.3, -0.25) is 4.79 Å². The molecule has 1 heterocycles. The maximum Gasteiger partial charge on any atom is 0.354 e. The molecule has 0 aliphatic rings. The van der Waals surface area contributed by atoms with E-state index in [0.717, 1.165) is 16.5 Å². The van der Waals surface area contributed by atoms with Crippen molar-refractivity contribution in [1.29, 1.82) is 0 Å². The van der Waals surface area contributed by atoms with Gasteiger partial charge in [0.25, 0.3) is 0 Å². The van der Waals surface area contributed by atoms with E-state index >= 15 is 0 Å². The number of carbonyl (C=O) groups excluding carboxylic acids is 2. The molecule has 0 aliphatic carbocycles. The molecule has 2 aromatic rings. The number of ether oxygens (including phenoxy) is 2. The number of aryl methyl sites for hydroxylation is 2. The summed E-state index contributed by atoms with van der Waals surface area (Å²) in [7, 11) is 4.44. The van der Waals surface area contributed by atoms with Crippen molar-refractivity contribution in [3.63, 3.8) is 0 Å². The summed E-state index contributed by atoms with van der Waals surface area (Å²) in [6.07, 6.45) is 0.596. The highest BCUT2D eigenvalue weighted by molar-refractivity contribution is 6.31. The summed E-state index contributed by atoms with van der Waals surface area (Å²) in [6, 6.07) is 5.38. The molecule has 0 bridgehead atoms. The largest absolute Gasteiger partial charge is 0.469 e. The molecule has 0 spiro atoms. The molecule has 2 rings (SSSR count). The average molecular weight is 310 g/mol. The minimum absolute atomic E-state index is 0.197. The van der Waals surface area contributed by atoms with Crippen LogP contribution in [0, 0.1) is 0 Å². The molecule has 0 radical (unpaired) electrons. The highest BCUT2D eigenvalue weighted by atomic mass is 35.5. The third-order valence-electron chi connectivity index (χ3n) is 3.45. The van der Waals surface area contributed by atoms with Gasteiger partial charge in [-0.2, -0.15) is 0 Å². The van der Waals surface area contributed by atoms with Crippen molar-refractivity contribution in [3.05, 3.63) is 34.5 Å². The summed E-state index contributed by atoms with van der Waals surface area (Å²) in [5.41, 5.74) is 2.02. The van der Waals surface area contributed by atoms with Gasteiger partial charge in [-0.05, 0) is 24.1 Å². The molecule has 6 heteroatoms. The lowest BCUT2D eigenvalue weighted by atomic mass is 10.1. The van der Waals surface area contributed by atoms with Crippen molar-refractivity contribution >= 4 is 34.4 Å². The molecule has 0 saturated carbocycles. The van der Waals surface area contributed by atoms with Crippen LogP contribution < -0.4 is 0 Å². The standard InChI is InChI=1S/C15H16ClNO4/c1-17-12-8-9(16)4-5-10(12)11(6-7-13(18)20-2)14(17)15(19)21-3/h4-5,8H,6-7H2,1-3H3. The van der Waals surface area contributed by atoms with Gasteiger partial charge in [-0.15, -0.1) is 0 Å². The van der Waals surface area contributed by atoms with Crippen molar-refractivity contribution in [2.24, 2.45) is 7.05 Å². The van der Waals surface area contributed by atoms with Gasteiger partial charge in [0.15, 0.2) is 0 Å². The molecular formula is C15H16ClNO4. The third-order valence-corrected chi connectivity index (χ3v) is 3.69. The average Bonchev–Trinajstić information content (AvgIpc) is 2.76. The van der Waals surface area contributed by atoms with Crippen LogP contribution in [0.25, 0.3) is 10.9 Å². The van der Waals surface area contributed by atoms with Crippen LogP contribution in [0.3, 0.4) is 0 Å². The highest BCUT2D eigenvalue weighted by Crippen LogP contribution is 2.29. The van der Waals surface area contributed by atoms with Gasteiger partial charge >= 0.3 is 11.9 Å². The van der Waals surface area contributed by atoms with Crippen molar-refractivity contribution in [2.45, 2.75) is 12.8 Å². The molecule has 21 heavy (non-hydrogen) atoms. The summed E-state index contributed by atoms with van der Waals surface area (Å²) in [6.45, 7) is 0. The molecule has 1 aromatic heterocycles. The van der Waals surface area contributed by atoms with Crippen molar-refractivity contribution in [1.82, 2.24) is 4.57 Å². The Labute approximate surface area is 127 Å². The molecule has 1 aromatic carbocycles. The monoisotopic (exact) mass is 309 g/mol. The fraction of sp³-hybridized carbons (Fsp3) is 0.333. The number of rotatable bonds is 4. The zero-order valence-corrected chi connectivity index (χ0v) is 12.9. The fourth-order valence-corrected chi connectivity index (χ4v) is 2.59. The lowest BCUT2D eigenvalue weighted by Gasteiger charge is -2.05. The first-order chi connectivity index (χ1) is 9.99. The van der Waals surface area contributed by atoms with Crippen LogP contribution in [0.4, 0.5) is 0 Å². The van der Waals surface area contributed by atoms with Gasteiger partial charge in [-0.25, -0.2) is 4.79 Å². The van der Waals surface area contributed by atoms with E-state index in [-0.39, 0.29) is 12.4 Å². The number of fused-ring (bicyclic) bond motifs is 1. The number of aromatic nitrogens is 1. The molecular weight excluding hydrogens is 294 g/mol. The third kappa shape index (κ3) is 2.88. The molecule has 5 nitrogen and oxygen atoms in total. The Morgan fingerprint density at radius 2 is 1.95 bits per heavy atom. The Kier molecular flexibility index (Phi) is 4.53. The molecule has 0 atom stereocenters.